The van der Waals surface area contributed by atoms with Crippen LogP contribution in [0.2, 0.25) is 0 Å². The molecule has 0 aromatic carbocycles. The lowest BCUT2D eigenvalue weighted by atomic mass is 9.84. The zero-order valence-electron chi connectivity index (χ0n) is 9.21. The highest BCUT2D eigenvalue weighted by atomic mass is 32.2. The first-order valence-electron chi connectivity index (χ1n) is 5.05. The predicted molar refractivity (Wildman–Crippen MR) is 56.9 cm³/mol. The van der Waals surface area contributed by atoms with Crippen LogP contribution in [0.3, 0.4) is 0 Å². The van der Waals surface area contributed by atoms with Crippen LogP contribution in [0.25, 0.3) is 0 Å². The summed E-state index contributed by atoms with van der Waals surface area (Å²) in [5.74, 6) is 0.101. The van der Waals surface area contributed by atoms with Crippen LogP contribution in [0.1, 0.15) is 40.0 Å². The predicted octanol–water partition coefficient (Wildman–Crippen LogP) is 1.36. The molecule has 0 aromatic heterocycles. The molecule has 0 spiro atoms. The van der Waals surface area contributed by atoms with E-state index >= 15 is 0 Å². The van der Waals surface area contributed by atoms with Gasteiger partial charge in [0.25, 0.3) is 0 Å². The van der Waals surface area contributed by atoms with Gasteiger partial charge in [-0.1, -0.05) is 20.8 Å². The summed E-state index contributed by atoms with van der Waals surface area (Å²) in [5, 5.41) is 10.0. The second kappa shape index (κ2) is 3.49. The molecule has 1 rings (SSSR count). The third kappa shape index (κ3) is 3.58. The van der Waals surface area contributed by atoms with Gasteiger partial charge in [0, 0.05) is 0 Å². The van der Waals surface area contributed by atoms with Crippen molar-refractivity contribution in [1.29, 1.82) is 0 Å². The second-order valence-corrected chi connectivity index (χ2v) is 7.81. The van der Waals surface area contributed by atoms with Crippen molar-refractivity contribution in [2.75, 3.05) is 11.5 Å². The van der Waals surface area contributed by atoms with Gasteiger partial charge in [0.05, 0.1) is 17.1 Å². The van der Waals surface area contributed by atoms with Crippen molar-refractivity contribution in [2.45, 2.75) is 45.6 Å². The van der Waals surface area contributed by atoms with Crippen LogP contribution < -0.4 is 0 Å². The maximum absolute atomic E-state index is 11.2. The average Bonchev–Trinajstić information content (AvgIpc) is 2.22. The van der Waals surface area contributed by atoms with Crippen LogP contribution in [-0.4, -0.2) is 30.6 Å². The number of sulfone groups is 1. The fourth-order valence-corrected chi connectivity index (χ4v) is 3.65. The van der Waals surface area contributed by atoms with Crippen LogP contribution in [0.4, 0.5) is 0 Å². The van der Waals surface area contributed by atoms with Crippen molar-refractivity contribution >= 4 is 9.84 Å². The van der Waals surface area contributed by atoms with E-state index in [-0.39, 0.29) is 16.9 Å². The van der Waals surface area contributed by atoms with Gasteiger partial charge in [-0.2, -0.15) is 0 Å². The lowest BCUT2D eigenvalue weighted by Gasteiger charge is -2.26. The Balaban J connectivity index is 2.54. The zero-order chi connectivity index (χ0) is 11.0. The Morgan fingerprint density at radius 2 is 1.93 bits per heavy atom. The average molecular weight is 220 g/mol. The fourth-order valence-electron chi connectivity index (χ4n) is 1.70. The maximum atomic E-state index is 11.2. The molecule has 84 valence electrons. The molecule has 0 bridgehead atoms. The topological polar surface area (TPSA) is 54.4 Å². The van der Waals surface area contributed by atoms with E-state index in [4.69, 9.17) is 0 Å². The molecule has 1 unspecified atom stereocenters. The molecule has 0 radical (unpaired) electrons. The highest BCUT2D eigenvalue weighted by molar-refractivity contribution is 7.91. The molecular weight excluding hydrogens is 200 g/mol. The van der Waals surface area contributed by atoms with Crippen molar-refractivity contribution in [3.05, 3.63) is 0 Å². The van der Waals surface area contributed by atoms with E-state index in [1.165, 1.54) is 0 Å². The monoisotopic (exact) mass is 220 g/mol. The molecule has 1 heterocycles. The Labute approximate surface area is 86.4 Å². The Morgan fingerprint density at radius 3 is 2.29 bits per heavy atom. The van der Waals surface area contributed by atoms with Gasteiger partial charge >= 0.3 is 0 Å². The summed E-state index contributed by atoms with van der Waals surface area (Å²) in [6.45, 7) is 6.29. The van der Waals surface area contributed by atoms with Gasteiger partial charge in [0.15, 0.2) is 9.84 Å². The molecule has 0 amide bonds. The van der Waals surface area contributed by atoms with Gasteiger partial charge in [-0.15, -0.1) is 0 Å². The van der Waals surface area contributed by atoms with Gasteiger partial charge in [-0.05, 0) is 24.7 Å². The van der Waals surface area contributed by atoms with Gasteiger partial charge in [0.2, 0.25) is 0 Å². The minimum absolute atomic E-state index is 0.0456. The normalized spacial score (nSPS) is 32.0. The summed E-state index contributed by atoms with van der Waals surface area (Å²) in [7, 11) is -2.97. The van der Waals surface area contributed by atoms with Crippen molar-refractivity contribution in [3.63, 3.8) is 0 Å². The lowest BCUT2D eigenvalue weighted by molar-refractivity contribution is 0.0465. The molecule has 4 heteroatoms. The van der Waals surface area contributed by atoms with Crippen molar-refractivity contribution < 1.29 is 13.5 Å². The van der Waals surface area contributed by atoms with E-state index in [9.17, 15) is 13.5 Å². The molecule has 3 nitrogen and oxygen atoms in total. The van der Waals surface area contributed by atoms with Gasteiger partial charge in [-0.25, -0.2) is 8.42 Å². The molecule has 14 heavy (non-hydrogen) atoms. The molecule has 0 aromatic rings. The smallest absolute Gasteiger partial charge is 0.153 e. The van der Waals surface area contributed by atoms with Gasteiger partial charge < -0.3 is 5.11 Å². The summed E-state index contributed by atoms with van der Waals surface area (Å²) in [6.07, 6.45) is 1.86. The first-order valence-corrected chi connectivity index (χ1v) is 6.87. The fraction of sp³-hybridized carbons (Fsp3) is 1.00. The first-order chi connectivity index (χ1) is 6.12. The Kier molecular flexibility index (Phi) is 2.99. The Bertz CT molecular complexity index is 300. The zero-order valence-corrected chi connectivity index (χ0v) is 10.0. The van der Waals surface area contributed by atoms with E-state index in [1.807, 2.05) is 0 Å². The minimum Gasteiger partial charge on any atom is -0.389 e. The molecule has 0 aliphatic carbocycles. The third-order valence-corrected chi connectivity index (χ3v) is 4.51. The van der Waals surface area contributed by atoms with Crippen LogP contribution in [-0.2, 0) is 9.84 Å². The van der Waals surface area contributed by atoms with Crippen molar-refractivity contribution in [2.24, 2.45) is 5.41 Å². The lowest BCUT2D eigenvalue weighted by Crippen LogP contribution is -2.31. The largest absolute Gasteiger partial charge is 0.389 e. The number of hydrogen-bond donors (Lipinski definition) is 1. The minimum atomic E-state index is -2.97. The van der Waals surface area contributed by atoms with E-state index in [0.717, 1.165) is 6.42 Å². The quantitative estimate of drug-likeness (QED) is 0.764. The summed E-state index contributed by atoms with van der Waals surface area (Å²) >= 11 is 0. The Hall–Kier alpha value is -0.0900. The standard InChI is InChI=1S/C10H20O3S/c1-9(2,3)4-5-10(11)6-7-14(12,13)8-10/h11H,4-8H2,1-3H3. The van der Waals surface area contributed by atoms with E-state index in [1.54, 1.807) is 0 Å². The summed E-state index contributed by atoms with van der Waals surface area (Å²) in [4.78, 5) is 0. The van der Waals surface area contributed by atoms with Crippen molar-refractivity contribution in [1.82, 2.24) is 0 Å². The van der Waals surface area contributed by atoms with Crippen molar-refractivity contribution in [3.8, 4) is 0 Å². The molecule has 1 N–H and O–H groups in total. The van der Waals surface area contributed by atoms with Crippen LogP contribution in [0.5, 0.6) is 0 Å². The summed E-state index contributed by atoms with van der Waals surface area (Å²) in [6, 6.07) is 0. The number of aliphatic hydroxyl groups is 1. The highest BCUT2D eigenvalue weighted by Crippen LogP contribution is 2.32. The third-order valence-electron chi connectivity index (χ3n) is 2.71. The first kappa shape index (κ1) is 12.0. The van der Waals surface area contributed by atoms with E-state index in [0.29, 0.717) is 12.8 Å². The van der Waals surface area contributed by atoms with Gasteiger partial charge in [-0.3, -0.25) is 0 Å². The van der Waals surface area contributed by atoms with Crippen LogP contribution in [0, 0.1) is 5.41 Å². The summed E-state index contributed by atoms with van der Waals surface area (Å²) in [5.41, 5.74) is -0.797. The van der Waals surface area contributed by atoms with E-state index in [2.05, 4.69) is 20.8 Å². The van der Waals surface area contributed by atoms with E-state index < -0.39 is 15.4 Å². The molecule has 0 saturated carbocycles. The molecule has 1 fully saturated rings. The second-order valence-electron chi connectivity index (χ2n) is 5.63. The maximum Gasteiger partial charge on any atom is 0.153 e. The molecule has 1 saturated heterocycles. The number of hydrogen-bond acceptors (Lipinski definition) is 3. The molecule has 1 aliphatic rings. The van der Waals surface area contributed by atoms with Crippen LogP contribution in [0.15, 0.2) is 0 Å². The Morgan fingerprint density at radius 1 is 1.36 bits per heavy atom. The SMILES string of the molecule is CC(C)(C)CCC1(O)CCS(=O)(=O)C1. The molecule has 1 atom stereocenters. The molecular formula is C10H20O3S. The summed E-state index contributed by atoms with van der Waals surface area (Å²) < 4.78 is 22.4. The number of rotatable bonds is 2. The van der Waals surface area contributed by atoms with Crippen LogP contribution >= 0.6 is 0 Å². The van der Waals surface area contributed by atoms with Gasteiger partial charge in [0.1, 0.15) is 0 Å². The highest BCUT2D eigenvalue weighted by Gasteiger charge is 2.40. The molecule has 1 aliphatic heterocycles.